The van der Waals surface area contributed by atoms with Gasteiger partial charge in [-0.15, -0.1) is 0 Å². The van der Waals surface area contributed by atoms with E-state index in [9.17, 15) is 0 Å². The number of benzene rings is 1. The van der Waals surface area contributed by atoms with Crippen LogP contribution in [0.5, 0.6) is 0 Å². The Hall–Kier alpha value is 0.0149. The SMILES string of the molecule is Bc1ccc(I)c(C)c1. The Morgan fingerprint density at radius 1 is 1.44 bits per heavy atom. The summed E-state index contributed by atoms with van der Waals surface area (Å²) in [5.41, 5.74) is 2.71. The molecule has 0 heterocycles. The van der Waals surface area contributed by atoms with Crippen LogP contribution < -0.4 is 5.46 Å². The van der Waals surface area contributed by atoms with Crippen molar-refractivity contribution in [2.75, 3.05) is 0 Å². The van der Waals surface area contributed by atoms with Crippen molar-refractivity contribution in [3.63, 3.8) is 0 Å². The van der Waals surface area contributed by atoms with Crippen molar-refractivity contribution < 1.29 is 0 Å². The molecule has 0 radical (unpaired) electrons. The maximum absolute atomic E-state index is 2.34. The quantitative estimate of drug-likeness (QED) is 0.458. The molecule has 2 heteroatoms. The summed E-state index contributed by atoms with van der Waals surface area (Å²) in [4.78, 5) is 0. The van der Waals surface area contributed by atoms with Crippen molar-refractivity contribution in [3.05, 3.63) is 27.3 Å². The largest absolute Gasteiger partial charge is 0.139 e. The highest BCUT2D eigenvalue weighted by molar-refractivity contribution is 14.1. The molecule has 0 atom stereocenters. The fraction of sp³-hybridized carbons (Fsp3) is 0.143. The van der Waals surface area contributed by atoms with Crippen LogP contribution in [0.1, 0.15) is 5.56 Å². The molecule has 0 aliphatic heterocycles. The molecule has 1 aromatic rings. The Morgan fingerprint density at radius 3 is 2.56 bits per heavy atom. The molecule has 0 aromatic heterocycles. The molecule has 0 aliphatic carbocycles. The number of aryl methyl sites for hydroxylation is 1. The van der Waals surface area contributed by atoms with Crippen LogP contribution in [0, 0.1) is 10.5 Å². The van der Waals surface area contributed by atoms with E-state index in [1.165, 1.54) is 14.6 Å². The van der Waals surface area contributed by atoms with Gasteiger partial charge < -0.3 is 0 Å². The maximum atomic E-state index is 2.34. The third-order valence-electron chi connectivity index (χ3n) is 1.31. The highest BCUT2D eigenvalue weighted by atomic mass is 127. The first-order valence-electron chi connectivity index (χ1n) is 2.93. The second-order valence-electron chi connectivity index (χ2n) is 2.25. The van der Waals surface area contributed by atoms with Crippen molar-refractivity contribution in [1.29, 1.82) is 0 Å². The summed E-state index contributed by atoms with van der Waals surface area (Å²) in [5, 5.41) is 0. The zero-order valence-corrected chi connectivity index (χ0v) is 7.77. The van der Waals surface area contributed by atoms with E-state index < -0.39 is 0 Å². The van der Waals surface area contributed by atoms with Crippen molar-refractivity contribution in [2.45, 2.75) is 6.92 Å². The van der Waals surface area contributed by atoms with Crippen molar-refractivity contribution >= 4 is 35.9 Å². The molecule has 1 rings (SSSR count). The zero-order valence-electron chi connectivity index (χ0n) is 5.61. The summed E-state index contributed by atoms with van der Waals surface area (Å²) in [6.07, 6.45) is 0. The molecule has 1 aromatic carbocycles. The van der Waals surface area contributed by atoms with Gasteiger partial charge in [0.05, 0.1) is 0 Å². The number of rotatable bonds is 0. The van der Waals surface area contributed by atoms with Gasteiger partial charge in [-0.2, -0.15) is 0 Å². The minimum atomic E-state index is 1.34. The molecule has 0 aliphatic rings. The normalized spacial score (nSPS) is 9.56. The Balaban J connectivity index is 3.17. The van der Waals surface area contributed by atoms with Crippen LogP contribution in [-0.4, -0.2) is 7.85 Å². The summed E-state index contributed by atoms with van der Waals surface area (Å²) in [7, 11) is 2.11. The molecule has 0 saturated heterocycles. The molecule has 0 amide bonds. The van der Waals surface area contributed by atoms with Crippen molar-refractivity contribution in [1.82, 2.24) is 0 Å². The lowest BCUT2D eigenvalue weighted by Gasteiger charge is -1.96. The van der Waals surface area contributed by atoms with Gasteiger partial charge in [0.15, 0.2) is 0 Å². The van der Waals surface area contributed by atoms with E-state index in [0.29, 0.717) is 0 Å². The van der Waals surface area contributed by atoms with Gasteiger partial charge >= 0.3 is 0 Å². The average molecular weight is 230 g/mol. The summed E-state index contributed by atoms with van der Waals surface area (Å²) < 4.78 is 1.35. The van der Waals surface area contributed by atoms with Gasteiger partial charge in [0.1, 0.15) is 7.85 Å². The lowest BCUT2D eigenvalue weighted by atomic mass is 9.95. The third-order valence-corrected chi connectivity index (χ3v) is 2.52. The van der Waals surface area contributed by atoms with Gasteiger partial charge in [-0.25, -0.2) is 0 Å². The van der Waals surface area contributed by atoms with Crippen LogP contribution in [0.3, 0.4) is 0 Å². The predicted molar refractivity (Wildman–Crippen MR) is 52.1 cm³/mol. The fourth-order valence-electron chi connectivity index (χ4n) is 0.795. The average Bonchev–Trinajstić information content (AvgIpc) is 1.80. The molecular weight excluding hydrogens is 222 g/mol. The van der Waals surface area contributed by atoms with E-state index in [1.54, 1.807) is 0 Å². The molecule has 46 valence electrons. The van der Waals surface area contributed by atoms with Crippen LogP contribution in [-0.2, 0) is 0 Å². The number of hydrogen-bond acceptors (Lipinski definition) is 0. The Bertz CT molecular complexity index is 220. The van der Waals surface area contributed by atoms with Crippen molar-refractivity contribution in [3.8, 4) is 0 Å². The summed E-state index contributed by atoms with van der Waals surface area (Å²) in [5.74, 6) is 0. The summed E-state index contributed by atoms with van der Waals surface area (Å²) >= 11 is 2.34. The van der Waals surface area contributed by atoms with E-state index >= 15 is 0 Å². The van der Waals surface area contributed by atoms with E-state index in [0.717, 1.165) is 0 Å². The van der Waals surface area contributed by atoms with Crippen LogP contribution in [0.4, 0.5) is 0 Å². The first-order chi connectivity index (χ1) is 4.20. The standard InChI is InChI=1S/C7H8BI/c1-5-4-6(8)2-3-7(5)9/h2-4H,8H2,1H3. The van der Waals surface area contributed by atoms with E-state index in [1.807, 2.05) is 0 Å². The fourth-order valence-corrected chi connectivity index (χ4v) is 1.13. The second kappa shape index (κ2) is 2.73. The van der Waals surface area contributed by atoms with Gasteiger partial charge in [0.2, 0.25) is 0 Å². The molecule has 9 heavy (non-hydrogen) atoms. The maximum Gasteiger partial charge on any atom is 0.139 e. The monoisotopic (exact) mass is 230 g/mol. The molecule has 0 nitrogen and oxygen atoms in total. The first kappa shape index (κ1) is 7.13. The highest BCUT2D eigenvalue weighted by Crippen LogP contribution is 2.07. The highest BCUT2D eigenvalue weighted by Gasteiger charge is 1.90. The smallest absolute Gasteiger partial charge is 0.0886 e. The van der Waals surface area contributed by atoms with Crippen LogP contribution >= 0.6 is 22.6 Å². The summed E-state index contributed by atoms with van der Waals surface area (Å²) in [6.45, 7) is 2.13. The van der Waals surface area contributed by atoms with Gasteiger partial charge in [0.25, 0.3) is 0 Å². The number of halogens is 1. The van der Waals surface area contributed by atoms with Gasteiger partial charge in [0, 0.05) is 3.57 Å². The lowest BCUT2D eigenvalue weighted by molar-refractivity contribution is 1.45. The Morgan fingerprint density at radius 2 is 2.11 bits per heavy atom. The van der Waals surface area contributed by atoms with Crippen LogP contribution in [0.25, 0.3) is 0 Å². The van der Waals surface area contributed by atoms with Crippen LogP contribution in [0.2, 0.25) is 0 Å². The molecular formula is C7H8BI. The van der Waals surface area contributed by atoms with Gasteiger partial charge in [-0.3, -0.25) is 0 Å². The van der Waals surface area contributed by atoms with E-state index in [4.69, 9.17) is 0 Å². The molecule has 0 unspecified atom stereocenters. The Labute approximate surface area is 70.2 Å². The topological polar surface area (TPSA) is 0 Å². The number of hydrogen-bond donors (Lipinski definition) is 0. The second-order valence-corrected chi connectivity index (χ2v) is 3.41. The molecule has 0 bridgehead atoms. The van der Waals surface area contributed by atoms with Crippen LogP contribution in [0.15, 0.2) is 18.2 Å². The van der Waals surface area contributed by atoms with Gasteiger partial charge in [-0.05, 0) is 41.1 Å². The molecule has 0 saturated carbocycles. The lowest BCUT2D eigenvalue weighted by Crippen LogP contribution is -2.01. The molecule has 0 spiro atoms. The first-order valence-corrected chi connectivity index (χ1v) is 4.01. The molecule has 0 N–H and O–H groups in total. The van der Waals surface area contributed by atoms with E-state index in [-0.39, 0.29) is 0 Å². The predicted octanol–water partition coefficient (Wildman–Crippen LogP) is 0.858. The Kier molecular flexibility index (Phi) is 2.16. The van der Waals surface area contributed by atoms with Crippen molar-refractivity contribution in [2.24, 2.45) is 0 Å². The zero-order chi connectivity index (χ0) is 6.85. The van der Waals surface area contributed by atoms with E-state index in [2.05, 4.69) is 55.6 Å². The third kappa shape index (κ3) is 1.71. The molecule has 0 fully saturated rings. The van der Waals surface area contributed by atoms with Gasteiger partial charge in [-0.1, -0.05) is 17.6 Å². The minimum Gasteiger partial charge on any atom is -0.0886 e. The summed E-state index contributed by atoms with van der Waals surface area (Å²) in [6, 6.07) is 6.47. The minimum absolute atomic E-state index is 1.34.